The van der Waals surface area contributed by atoms with Crippen LogP contribution in [0.5, 0.6) is 0 Å². The summed E-state index contributed by atoms with van der Waals surface area (Å²) < 4.78 is 40.7. The van der Waals surface area contributed by atoms with E-state index in [1.807, 2.05) is 4.98 Å². The van der Waals surface area contributed by atoms with Gasteiger partial charge in [0.15, 0.2) is 6.20 Å². The van der Waals surface area contributed by atoms with E-state index in [1.165, 1.54) is 0 Å². The van der Waals surface area contributed by atoms with Gasteiger partial charge >= 0.3 is 5.69 Å². The zero-order valence-electron chi connectivity index (χ0n) is 12.0. The van der Waals surface area contributed by atoms with E-state index < -0.39 is 36.5 Å². The average molecular weight is 316 g/mol. The molecule has 1 saturated heterocycles. The van der Waals surface area contributed by atoms with Crippen LogP contribution < -0.4 is 5.69 Å². The van der Waals surface area contributed by atoms with E-state index in [1.54, 1.807) is 0 Å². The molecule has 1 aromatic rings. The number of aromatic nitrogens is 2. The first-order valence-corrected chi connectivity index (χ1v) is 5.63. The Morgan fingerprint density at radius 1 is 1.79 bits per heavy atom. The number of aliphatic hydroxyl groups is 3. The molecule has 4 atom stereocenters. The van der Waals surface area contributed by atoms with Crippen LogP contribution in [0.4, 0.5) is 4.39 Å². The molecule has 0 bridgehead atoms. The first kappa shape index (κ1) is 10.9. The van der Waals surface area contributed by atoms with Gasteiger partial charge in [-0.15, -0.1) is 0 Å². The minimum absolute atomic E-state index is 0.191. The molecule has 2 heterocycles. The zero-order chi connectivity index (χ0) is 17.1. The third kappa shape index (κ3) is 2.33. The Morgan fingerprint density at radius 2 is 2.42 bits per heavy atom. The van der Waals surface area contributed by atoms with Crippen molar-refractivity contribution in [3.63, 3.8) is 0 Å². The second-order valence-electron chi connectivity index (χ2n) is 3.69. The first-order chi connectivity index (χ1) is 9.84. The number of alkyl halides is 1. The first-order valence-electron chi connectivity index (χ1n) is 6.34. The van der Waals surface area contributed by atoms with Gasteiger partial charge in [-0.25, -0.2) is 9.18 Å². The van der Waals surface area contributed by atoms with E-state index in [4.69, 9.17) is 20.8 Å². The van der Waals surface area contributed by atoms with E-state index in [2.05, 4.69) is 17.0 Å². The predicted molar refractivity (Wildman–Crippen MR) is 64.0 cm³/mol. The second kappa shape index (κ2) is 4.93. The Balaban J connectivity index is 2.64. The normalized spacial score (nSPS) is 41.6. The SMILES string of the molecule is [2H]C([2H])(O)[C@@]1(F)O[C@@]([2H])(n2cc(Cl)c(=S)[nH]c2=O)[C@H](O)[C@@H]1O. The molecule has 0 unspecified atom stereocenters. The van der Waals surface area contributed by atoms with Crippen LogP contribution in [0.15, 0.2) is 11.0 Å². The lowest BCUT2D eigenvalue weighted by Gasteiger charge is -2.20. The quantitative estimate of drug-likeness (QED) is 0.546. The van der Waals surface area contributed by atoms with Crippen LogP contribution in [0.1, 0.15) is 10.3 Å². The van der Waals surface area contributed by atoms with Gasteiger partial charge in [0.25, 0.3) is 5.85 Å². The van der Waals surface area contributed by atoms with Crippen LogP contribution in [-0.4, -0.2) is 49.5 Å². The Hall–Kier alpha value is -0.840. The highest BCUT2D eigenvalue weighted by Crippen LogP contribution is 2.37. The van der Waals surface area contributed by atoms with Crippen LogP contribution in [-0.2, 0) is 4.74 Å². The van der Waals surface area contributed by atoms with Crippen molar-refractivity contribution in [3.8, 4) is 0 Å². The number of aromatic amines is 1. The molecule has 2 rings (SSSR count). The summed E-state index contributed by atoms with van der Waals surface area (Å²) in [6.07, 6.45) is -7.31. The maximum Gasteiger partial charge on any atom is 0.328 e. The van der Waals surface area contributed by atoms with Gasteiger partial charge in [0.2, 0.25) is 0 Å². The van der Waals surface area contributed by atoms with Gasteiger partial charge in [0.1, 0.15) is 23.4 Å². The molecule has 1 aromatic heterocycles. The Morgan fingerprint density at radius 3 is 2.95 bits per heavy atom. The van der Waals surface area contributed by atoms with Crippen molar-refractivity contribution in [3.05, 3.63) is 26.3 Å². The Bertz CT molecular complexity index is 726. The summed E-state index contributed by atoms with van der Waals surface area (Å²) in [5.74, 6) is -3.85. The van der Waals surface area contributed by atoms with Gasteiger partial charge in [-0.2, -0.15) is 0 Å². The largest absolute Gasteiger partial charge is 0.390 e. The fourth-order valence-corrected chi connectivity index (χ4v) is 1.79. The summed E-state index contributed by atoms with van der Waals surface area (Å²) in [6, 6.07) is 0. The van der Waals surface area contributed by atoms with Crippen molar-refractivity contribution in [2.45, 2.75) is 24.3 Å². The lowest BCUT2D eigenvalue weighted by atomic mass is 10.1. The standard InChI is InChI=1S/C9H10ClFN2O5S/c10-3-1-13(8(17)12-6(3)19)7-4(15)5(16)9(11,2-14)18-7/h1,4-5,7,14-16H,2H2,(H,12,17,19)/t4-,5+,7-,9-/m1/s1/i2D2,7D. The zero-order valence-corrected chi connectivity index (χ0v) is 10.6. The van der Waals surface area contributed by atoms with Crippen LogP contribution in [0.2, 0.25) is 5.02 Å². The molecule has 1 aliphatic rings. The van der Waals surface area contributed by atoms with E-state index in [-0.39, 0.29) is 14.2 Å². The molecular weight excluding hydrogens is 303 g/mol. The highest BCUT2D eigenvalue weighted by Gasteiger charge is 2.55. The fraction of sp³-hybridized carbons (Fsp3) is 0.556. The maximum absolute atomic E-state index is 14.4. The van der Waals surface area contributed by atoms with E-state index in [0.717, 1.165) is 6.20 Å². The van der Waals surface area contributed by atoms with E-state index >= 15 is 0 Å². The van der Waals surface area contributed by atoms with Crippen molar-refractivity contribution in [2.75, 3.05) is 6.56 Å². The molecule has 0 aliphatic carbocycles. The summed E-state index contributed by atoms with van der Waals surface area (Å²) in [4.78, 5) is 13.8. The number of hydrogen-bond donors (Lipinski definition) is 4. The third-order valence-electron chi connectivity index (χ3n) is 2.47. The second-order valence-corrected chi connectivity index (χ2v) is 4.51. The Labute approximate surface area is 120 Å². The summed E-state index contributed by atoms with van der Waals surface area (Å²) >= 11 is 10.4. The maximum atomic E-state index is 14.4. The molecule has 0 saturated carbocycles. The average Bonchev–Trinajstić information content (AvgIpc) is 2.56. The van der Waals surface area contributed by atoms with Gasteiger partial charge in [-0.3, -0.25) is 9.55 Å². The van der Waals surface area contributed by atoms with E-state index in [9.17, 15) is 19.4 Å². The molecule has 0 amide bonds. The number of hydrogen-bond acceptors (Lipinski definition) is 6. The van der Waals surface area contributed by atoms with Crippen molar-refractivity contribution < 1.29 is 28.6 Å². The van der Waals surface area contributed by atoms with Crippen LogP contribution in [0, 0.1) is 4.64 Å². The molecule has 7 nitrogen and oxygen atoms in total. The number of ether oxygens (including phenoxy) is 1. The Kier molecular flexibility index (Phi) is 2.82. The molecule has 4 N–H and O–H groups in total. The number of halogens is 2. The number of rotatable bonds is 2. The number of aliphatic hydroxyl groups excluding tert-OH is 2. The molecule has 106 valence electrons. The highest BCUT2D eigenvalue weighted by molar-refractivity contribution is 7.71. The lowest BCUT2D eigenvalue weighted by molar-refractivity contribution is -0.207. The summed E-state index contributed by atoms with van der Waals surface area (Å²) in [5.41, 5.74) is -1.13. The van der Waals surface area contributed by atoms with Crippen LogP contribution in [0.25, 0.3) is 0 Å². The molecule has 0 radical (unpaired) electrons. The summed E-state index contributed by atoms with van der Waals surface area (Å²) in [5, 5.41) is 28.4. The molecule has 19 heavy (non-hydrogen) atoms. The van der Waals surface area contributed by atoms with Gasteiger partial charge in [0.05, 0.1) is 9.13 Å². The van der Waals surface area contributed by atoms with Crippen molar-refractivity contribution >= 4 is 23.8 Å². The molecule has 1 aliphatic heterocycles. The number of nitrogens with zero attached hydrogens (tertiary/aromatic N) is 1. The monoisotopic (exact) mass is 315 g/mol. The molecule has 10 heteroatoms. The van der Waals surface area contributed by atoms with Crippen molar-refractivity contribution in [1.82, 2.24) is 9.55 Å². The smallest absolute Gasteiger partial charge is 0.328 e. The fourth-order valence-electron chi connectivity index (χ4n) is 1.50. The van der Waals surface area contributed by atoms with E-state index in [0.29, 0.717) is 0 Å². The number of H-pyrrole nitrogens is 1. The highest BCUT2D eigenvalue weighted by atomic mass is 35.5. The van der Waals surface area contributed by atoms with Crippen LogP contribution in [0.3, 0.4) is 0 Å². The minimum atomic E-state index is -3.85. The van der Waals surface area contributed by atoms with Crippen molar-refractivity contribution in [1.29, 1.82) is 0 Å². The molecule has 1 fully saturated rings. The lowest BCUT2D eigenvalue weighted by Crippen LogP contribution is -2.42. The van der Waals surface area contributed by atoms with Gasteiger partial charge in [0, 0.05) is 6.20 Å². The van der Waals surface area contributed by atoms with Gasteiger partial charge < -0.3 is 20.1 Å². The minimum Gasteiger partial charge on any atom is -0.390 e. The summed E-state index contributed by atoms with van der Waals surface area (Å²) in [7, 11) is 0. The topological polar surface area (TPSA) is 108 Å². The third-order valence-corrected chi connectivity index (χ3v) is 3.19. The van der Waals surface area contributed by atoms with Crippen molar-refractivity contribution in [2.24, 2.45) is 0 Å². The summed E-state index contributed by atoms with van der Waals surface area (Å²) in [6.45, 7) is -3.76. The van der Waals surface area contributed by atoms with Crippen LogP contribution >= 0.6 is 23.8 Å². The molecule has 0 aromatic carbocycles. The molecule has 0 spiro atoms. The van der Waals surface area contributed by atoms with Gasteiger partial charge in [-0.1, -0.05) is 23.8 Å². The molecular formula is C9H10ClFN2O5S. The predicted octanol–water partition coefficient (Wildman–Crippen LogP) is -0.532. The number of nitrogens with one attached hydrogen (secondary N) is 1. The van der Waals surface area contributed by atoms with Gasteiger partial charge in [-0.05, 0) is 0 Å².